The summed E-state index contributed by atoms with van der Waals surface area (Å²) >= 11 is 0. The number of nitrogens with one attached hydrogen (secondary N) is 2. The smallest absolute Gasteiger partial charge is 0.276 e. The summed E-state index contributed by atoms with van der Waals surface area (Å²) < 4.78 is 0. The second kappa shape index (κ2) is 11.4. The Hall–Kier alpha value is -2.42. The zero-order valence-corrected chi connectivity index (χ0v) is 16.9. The Kier molecular flexibility index (Phi) is 9.64. The van der Waals surface area contributed by atoms with Gasteiger partial charge in [0.1, 0.15) is 0 Å². The minimum atomic E-state index is -0.412. The molecular weight excluding hydrogens is 403 g/mol. The van der Waals surface area contributed by atoms with Gasteiger partial charge in [-0.3, -0.25) is 9.59 Å². The topological polar surface area (TPSA) is 113 Å². The predicted molar refractivity (Wildman–Crippen MR) is 114 cm³/mol. The van der Waals surface area contributed by atoms with Crippen LogP contribution in [0.25, 0.3) is 0 Å². The Labute approximate surface area is 176 Å². The van der Waals surface area contributed by atoms with Gasteiger partial charge in [0.15, 0.2) is 11.5 Å². The van der Waals surface area contributed by atoms with Crippen LogP contribution < -0.4 is 21.3 Å². The zero-order valence-electron chi connectivity index (χ0n) is 15.3. The molecule has 8 nitrogen and oxygen atoms in total. The molecule has 10 heteroatoms. The van der Waals surface area contributed by atoms with Crippen molar-refractivity contribution in [3.63, 3.8) is 0 Å². The number of nitrogens with two attached hydrogens (primary N) is 1. The number of anilines is 2. The van der Waals surface area contributed by atoms with Gasteiger partial charge in [-0.15, -0.1) is 35.0 Å². The fraction of sp³-hybridized carbons (Fsp3) is 0.333. The van der Waals surface area contributed by atoms with Gasteiger partial charge in [-0.25, -0.2) is 0 Å². The number of amides is 2. The van der Waals surface area contributed by atoms with Gasteiger partial charge in [0.25, 0.3) is 11.8 Å². The van der Waals surface area contributed by atoms with Crippen molar-refractivity contribution in [1.29, 1.82) is 0 Å². The molecule has 3 rings (SSSR count). The molecule has 2 aromatic rings. The van der Waals surface area contributed by atoms with Gasteiger partial charge >= 0.3 is 0 Å². The second-order valence-electron chi connectivity index (χ2n) is 6.02. The number of para-hydroxylation sites is 1. The molecule has 1 fully saturated rings. The van der Waals surface area contributed by atoms with Crippen LogP contribution in [0.15, 0.2) is 36.4 Å². The Morgan fingerprint density at radius 1 is 1.00 bits per heavy atom. The fourth-order valence-electron chi connectivity index (χ4n) is 2.82. The lowest BCUT2D eigenvalue weighted by molar-refractivity contribution is 0.0955. The SMILES string of the molecule is Cl.Cl.NCCNC(=O)c1ccccc1NC(=O)c1ccc(N2CCCC2)nn1. The van der Waals surface area contributed by atoms with Gasteiger partial charge in [-0.1, -0.05) is 12.1 Å². The number of hydrogen-bond acceptors (Lipinski definition) is 6. The summed E-state index contributed by atoms with van der Waals surface area (Å²) in [5.74, 6) is 0.0759. The summed E-state index contributed by atoms with van der Waals surface area (Å²) in [6.07, 6.45) is 2.29. The average Bonchev–Trinajstić information content (AvgIpc) is 3.21. The third-order valence-corrected chi connectivity index (χ3v) is 4.16. The van der Waals surface area contributed by atoms with E-state index in [9.17, 15) is 9.59 Å². The number of nitrogens with zero attached hydrogens (tertiary/aromatic N) is 3. The molecule has 28 heavy (non-hydrogen) atoms. The maximum Gasteiger partial charge on any atom is 0.276 e. The van der Waals surface area contributed by atoms with Crippen LogP contribution in [0.2, 0.25) is 0 Å². The molecule has 1 aliphatic rings. The van der Waals surface area contributed by atoms with Crippen molar-refractivity contribution in [2.75, 3.05) is 36.4 Å². The highest BCUT2D eigenvalue weighted by Gasteiger charge is 2.17. The van der Waals surface area contributed by atoms with E-state index in [1.54, 1.807) is 36.4 Å². The molecule has 0 saturated carbocycles. The molecule has 0 radical (unpaired) electrons. The summed E-state index contributed by atoms with van der Waals surface area (Å²) in [5.41, 5.74) is 6.39. The van der Waals surface area contributed by atoms with E-state index in [-0.39, 0.29) is 36.4 Å². The van der Waals surface area contributed by atoms with E-state index in [1.807, 2.05) is 0 Å². The molecular formula is C18H24Cl2N6O2. The lowest BCUT2D eigenvalue weighted by Gasteiger charge is -2.15. The third kappa shape index (κ3) is 5.79. The first kappa shape index (κ1) is 23.6. The molecule has 2 amide bonds. The van der Waals surface area contributed by atoms with Crippen molar-refractivity contribution in [3.05, 3.63) is 47.7 Å². The first-order chi connectivity index (χ1) is 12.7. The number of hydrogen-bond donors (Lipinski definition) is 3. The van der Waals surface area contributed by atoms with Crippen molar-refractivity contribution in [2.24, 2.45) is 5.73 Å². The number of carbonyl (C=O) groups excluding carboxylic acids is 2. The number of benzene rings is 1. The second-order valence-corrected chi connectivity index (χ2v) is 6.02. The highest BCUT2D eigenvalue weighted by atomic mass is 35.5. The largest absolute Gasteiger partial charge is 0.355 e. The average molecular weight is 427 g/mol. The van der Waals surface area contributed by atoms with Gasteiger partial charge in [0.05, 0.1) is 11.3 Å². The van der Waals surface area contributed by atoms with E-state index in [0.29, 0.717) is 24.3 Å². The van der Waals surface area contributed by atoms with Crippen LogP contribution in [0.5, 0.6) is 0 Å². The summed E-state index contributed by atoms with van der Waals surface area (Å²) in [5, 5.41) is 13.6. The van der Waals surface area contributed by atoms with Crippen LogP contribution in [0.3, 0.4) is 0 Å². The third-order valence-electron chi connectivity index (χ3n) is 4.16. The molecule has 0 unspecified atom stereocenters. The van der Waals surface area contributed by atoms with E-state index in [1.165, 1.54) is 0 Å². The molecule has 0 bridgehead atoms. The van der Waals surface area contributed by atoms with Gasteiger partial charge in [-0.2, -0.15) is 0 Å². The monoisotopic (exact) mass is 426 g/mol. The number of rotatable bonds is 6. The van der Waals surface area contributed by atoms with E-state index in [0.717, 1.165) is 31.7 Å². The van der Waals surface area contributed by atoms with E-state index < -0.39 is 5.91 Å². The van der Waals surface area contributed by atoms with Crippen LogP contribution in [0.1, 0.15) is 33.7 Å². The first-order valence-corrected chi connectivity index (χ1v) is 8.66. The zero-order chi connectivity index (χ0) is 18.4. The van der Waals surface area contributed by atoms with Gasteiger partial charge < -0.3 is 21.3 Å². The molecule has 0 spiro atoms. The first-order valence-electron chi connectivity index (χ1n) is 8.66. The Morgan fingerprint density at radius 2 is 1.71 bits per heavy atom. The van der Waals surface area contributed by atoms with Crippen molar-refractivity contribution in [3.8, 4) is 0 Å². The number of aromatic nitrogens is 2. The minimum absolute atomic E-state index is 0. The van der Waals surface area contributed by atoms with Crippen LogP contribution in [-0.2, 0) is 0 Å². The van der Waals surface area contributed by atoms with Crippen LogP contribution in [0.4, 0.5) is 11.5 Å². The van der Waals surface area contributed by atoms with Crippen molar-refractivity contribution >= 4 is 48.1 Å². The van der Waals surface area contributed by atoms with Gasteiger partial charge in [0.2, 0.25) is 0 Å². The minimum Gasteiger partial charge on any atom is -0.355 e. The predicted octanol–water partition coefficient (Wildman–Crippen LogP) is 1.86. The molecule has 1 saturated heterocycles. The van der Waals surface area contributed by atoms with Crippen molar-refractivity contribution < 1.29 is 9.59 Å². The maximum absolute atomic E-state index is 12.5. The summed E-state index contributed by atoms with van der Waals surface area (Å²) in [6, 6.07) is 10.2. The molecule has 4 N–H and O–H groups in total. The van der Waals surface area contributed by atoms with Crippen LogP contribution >= 0.6 is 24.8 Å². The molecule has 2 heterocycles. The van der Waals surface area contributed by atoms with E-state index in [4.69, 9.17) is 5.73 Å². The van der Waals surface area contributed by atoms with Crippen LogP contribution in [-0.4, -0.2) is 48.2 Å². The Balaban J connectivity index is 0.00000196. The summed E-state index contributed by atoms with van der Waals surface area (Å²) in [6.45, 7) is 2.64. The Morgan fingerprint density at radius 3 is 2.36 bits per heavy atom. The normalized spacial score (nSPS) is 12.5. The Bertz CT molecular complexity index is 782. The molecule has 1 aromatic carbocycles. The fourth-order valence-corrected chi connectivity index (χ4v) is 2.82. The van der Waals surface area contributed by atoms with E-state index in [2.05, 4.69) is 25.7 Å². The van der Waals surface area contributed by atoms with Crippen molar-refractivity contribution in [2.45, 2.75) is 12.8 Å². The molecule has 0 atom stereocenters. The molecule has 0 aliphatic carbocycles. The standard InChI is InChI=1S/C18H22N6O2.2ClH/c19-9-10-20-17(25)13-5-1-2-6-14(13)21-18(26)15-7-8-16(23-22-15)24-11-3-4-12-24;;/h1-2,5-8H,3-4,9-12,19H2,(H,20,25)(H,21,26);2*1H. The van der Waals surface area contributed by atoms with Crippen molar-refractivity contribution in [1.82, 2.24) is 15.5 Å². The number of carbonyl (C=O) groups is 2. The summed E-state index contributed by atoms with van der Waals surface area (Å²) in [4.78, 5) is 26.8. The molecule has 1 aromatic heterocycles. The number of halogens is 2. The lowest BCUT2D eigenvalue weighted by Crippen LogP contribution is -2.30. The van der Waals surface area contributed by atoms with Gasteiger partial charge in [0, 0.05) is 26.2 Å². The molecule has 152 valence electrons. The maximum atomic E-state index is 12.5. The highest BCUT2D eigenvalue weighted by molar-refractivity contribution is 6.08. The quantitative estimate of drug-likeness (QED) is 0.649. The van der Waals surface area contributed by atoms with Gasteiger partial charge in [-0.05, 0) is 37.1 Å². The molecule has 1 aliphatic heterocycles. The van der Waals surface area contributed by atoms with E-state index >= 15 is 0 Å². The lowest BCUT2D eigenvalue weighted by atomic mass is 10.1. The highest BCUT2D eigenvalue weighted by Crippen LogP contribution is 2.18. The van der Waals surface area contributed by atoms with Crippen LogP contribution in [0, 0.1) is 0 Å². The summed E-state index contributed by atoms with van der Waals surface area (Å²) in [7, 11) is 0.